The van der Waals surface area contributed by atoms with Crippen molar-refractivity contribution in [1.82, 2.24) is 0 Å². The lowest BCUT2D eigenvalue weighted by molar-refractivity contribution is -0.135. The highest BCUT2D eigenvalue weighted by Gasteiger charge is 1.69. The number of carbonyl (C=O) groups is 5. The summed E-state index contributed by atoms with van der Waals surface area (Å²) in [5, 5.41) is 29.7. The van der Waals surface area contributed by atoms with Crippen LogP contribution in [0.2, 0.25) is 0 Å². The Morgan fingerprint density at radius 1 is 0.720 bits per heavy atom. The lowest BCUT2D eigenvalue weighted by atomic mass is 10.6. The summed E-state index contributed by atoms with van der Waals surface area (Å²) in [5.41, 5.74) is 14.3. The first-order valence-corrected chi connectivity index (χ1v) is 6.22. The van der Waals surface area contributed by atoms with Crippen molar-refractivity contribution in [3.05, 3.63) is 12.7 Å². The molecule has 12 nitrogen and oxygen atoms in total. The predicted octanol–water partition coefficient (Wildman–Crippen LogP) is -1.07. The topological polar surface area (TPSA) is 244 Å². The van der Waals surface area contributed by atoms with Crippen molar-refractivity contribution in [2.45, 2.75) is 27.7 Å². The molecule has 0 aromatic carbocycles. The number of carboxylic acid groups (broad SMARTS) is 4. The molecule has 0 heterocycles. The molecule has 0 aromatic heterocycles. The van der Waals surface area contributed by atoms with E-state index in [9.17, 15) is 4.79 Å². The third-order valence-corrected chi connectivity index (χ3v) is 0.368. The zero-order valence-corrected chi connectivity index (χ0v) is 14.8. The second-order valence-electron chi connectivity index (χ2n) is 3.26. The van der Waals surface area contributed by atoms with Gasteiger partial charge in [0.15, 0.2) is 0 Å². The minimum atomic E-state index is -0.833. The van der Waals surface area contributed by atoms with Gasteiger partial charge in [0.1, 0.15) is 0 Å². The van der Waals surface area contributed by atoms with E-state index in [0.717, 1.165) is 33.8 Å². The van der Waals surface area contributed by atoms with Gasteiger partial charge in [-0.25, -0.2) is 0 Å². The fraction of sp³-hybridized carbons (Fsp3) is 0.462. The summed E-state index contributed by atoms with van der Waals surface area (Å²) in [4.78, 5) is 45.5. The fourth-order valence-corrected chi connectivity index (χ4v) is 0. The van der Waals surface area contributed by atoms with E-state index in [0.29, 0.717) is 13.1 Å². The number of aliphatic carboxylic acids is 4. The third kappa shape index (κ3) is 75900000. The van der Waals surface area contributed by atoms with Gasteiger partial charge in [-0.3, -0.25) is 24.0 Å². The normalized spacial score (nSPS) is 6.48. The molecule has 0 saturated heterocycles. The summed E-state index contributed by atoms with van der Waals surface area (Å²) in [6, 6.07) is 0. The zero-order valence-electron chi connectivity index (χ0n) is 14.8. The highest BCUT2D eigenvalue weighted by atomic mass is 16.4. The first kappa shape index (κ1) is 37.9. The average Bonchev–Trinajstić information content (AvgIpc) is 2.36. The number of nitrogens with two attached hydrogens (primary N) is 3. The minimum Gasteiger partial charge on any atom is -0.481 e. The second-order valence-corrected chi connectivity index (χ2v) is 3.26. The number of carbonyl (C=O) groups excluding carboxylic acids is 1. The van der Waals surface area contributed by atoms with Gasteiger partial charge in [-0.15, -0.1) is 0 Å². The Morgan fingerprint density at radius 3 is 0.800 bits per heavy atom. The molecule has 25 heavy (non-hydrogen) atoms. The van der Waals surface area contributed by atoms with E-state index in [1.807, 2.05) is 0 Å². The Morgan fingerprint density at radius 2 is 0.800 bits per heavy atom. The van der Waals surface area contributed by atoms with Crippen LogP contribution in [-0.2, 0) is 24.0 Å². The number of hydrogen-bond donors (Lipinski definition) is 7. The van der Waals surface area contributed by atoms with Gasteiger partial charge < -0.3 is 37.6 Å². The Bertz CT molecular complexity index is 306. The largest absolute Gasteiger partial charge is 0.481 e. The summed E-state index contributed by atoms with van der Waals surface area (Å²) in [7, 11) is 0. The number of carboxylic acids is 4. The van der Waals surface area contributed by atoms with Crippen LogP contribution in [0.1, 0.15) is 27.7 Å². The molecule has 0 radical (unpaired) electrons. The molecule has 1 amide bonds. The van der Waals surface area contributed by atoms with Crippen LogP contribution in [-0.4, -0.2) is 63.3 Å². The molecule has 150 valence electrons. The lowest BCUT2D eigenvalue weighted by Gasteiger charge is -1.72. The maximum absolute atomic E-state index is 9.47. The molecule has 0 bridgehead atoms. The molecule has 0 aliphatic heterocycles. The van der Waals surface area contributed by atoms with Crippen LogP contribution >= 0.6 is 0 Å². The van der Waals surface area contributed by atoms with Crippen molar-refractivity contribution in [1.29, 1.82) is 0 Å². The summed E-state index contributed by atoms with van der Waals surface area (Å²) in [6.07, 6.45) is 1.06. The number of amides is 1. The van der Waals surface area contributed by atoms with Gasteiger partial charge >= 0.3 is 0 Å². The Labute approximate surface area is 145 Å². The van der Waals surface area contributed by atoms with E-state index in [1.54, 1.807) is 0 Å². The SMILES string of the molecule is C=CC(N)=O.CC(=O)O.CC(=O)O.CC(=O)O.CC(=O)O.NCCN. The van der Waals surface area contributed by atoms with Crippen LogP contribution in [0.25, 0.3) is 0 Å². The maximum atomic E-state index is 9.47. The van der Waals surface area contributed by atoms with Crippen molar-refractivity contribution in [3.63, 3.8) is 0 Å². The molecule has 0 saturated carbocycles. The van der Waals surface area contributed by atoms with Gasteiger partial charge in [-0.2, -0.15) is 0 Å². The maximum Gasteiger partial charge on any atom is 0.300 e. The molecular weight excluding hydrogens is 342 g/mol. The molecule has 12 heteroatoms. The molecule has 0 fully saturated rings. The lowest BCUT2D eigenvalue weighted by Crippen LogP contribution is -2.11. The van der Waals surface area contributed by atoms with Gasteiger partial charge in [0.05, 0.1) is 0 Å². The Kier molecular flexibility index (Phi) is 56.6. The molecule has 10 N–H and O–H groups in total. The summed E-state index contributed by atoms with van der Waals surface area (Å²) in [5.74, 6) is -3.81. The predicted molar refractivity (Wildman–Crippen MR) is 90.7 cm³/mol. The van der Waals surface area contributed by atoms with Crippen molar-refractivity contribution >= 4 is 29.8 Å². The molecule has 0 aromatic rings. The van der Waals surface area contributed by atoms with Gasteiger partial charge in [0.25, 0.3) is 23.9 Å². The van der Waals surface area contributed by atoms with Gasteiger partial charge in [-0.1, -0.05) is 6.58 Å². The summed E-state index contributed by atoms with van der Waals surface area (Å²) in [6.45, 7) is 8.61. The van der Waals surface area contributed by atoms with E-state index < -0.39 is 29.8 Å². The molecule has 0 rings (SSSR count). The van der Waals surface area contributed by atoms with E-state index in [-0.39, 0.29) is 0 Å². The van der Waals surface area contributed by atoms with E-state index >= 15 is 0 Å². The molecular formula is C13H29N3O9. The summed E-state index contributed by atoms with van der Waals surface area (Å²) < 4.78 is 0. The van der Waals surface area contributed by atoms with Crippen LogP contribution in [0.3, 0.4) is 0 Å². The van der Waals surface area contributed by atoms with Crippen LogP contribution < -0.4 is 17.2 Å². The van der Waals surface area contributed by atoms with Crippen LogP contribution in [0.4, 0.5) is 0 Å². The smallest absolute Gasteiger partial charge is 0.300 e. The standard InChI is InChI=1S/C3H5NO.C2H8N2.4C2H4O2/c1-2-3(4)5;3-1-2-4;4*1-2(3)4/h2H,1H2,(H2,4,5);1-4H2;4*1H3,(H,3,4). The van der Waals surface area contributed by atoms with Crippen LogP contribution in [0, 0.1) is 0 Å². The number of hydrogen-bond acceptors (Lipinski definition) is 7. The van der Waals surface area contributed by atoms with Gasteiger partial charge in [-0.05, 0) is 6.08 Å². The minimum absolute atomic E-state index is 0.481. The van der Waals surface area contributed by atoms with Gasteiger partial charge in [0, 0.05) is 40.8 Å². The van der Waals surface area contributed by atoms with Crippen molar-refractivity contribution in [2.75, 3.05) is 13.1 Å². The van der Waals surface area contributed by atoms with Crippen molar-refractivity contribution in [2.24, 2.45) is 17.2 Å². The quantitative estimate of drug-likeness (QED) is 0.288. The van der Waals surface area contributed by atoms with Crippen molar-refractivity contribution < 1.29 is 44.4 Å². The molecule has 0 unspecified atom stereocenters. The molecule has 0 atom stereocenters. The van der Waals surface area contributed by atoms with Crippen LogP contribution in [0.15, 0.2) is 12.7 Å². The highest BCUT2D eigenvalue weighted by molar-refractivity contribution is 5.84. The summed E-state index contributed by atoms with van der Waals surface area (Å²) >= 11 is 0. The molecule has 0 spiro atoms. The first-order chi connectivity index (χ1) is 11.1. The third-order valence-electron chi connectivity index (χ3n) is 0.368. The number of rotatable bonds is 2. The zero-order chi connectivity index (χ0) is 22.0. The van der Waals surface area contributed by atoms with Gasteiger partial charge in [0.2, 0.25) is 5.91 Å². The fourth-order valence-electron chi connectivity index (χ4n) is 0. The monoisotopic (exact) mass is 371 g/mol. The van der Waals surface area contributed by atoms with Crippen LogP contribution in [0.5, 0.6) is 0 Å². The Balaban J connectivity index is -0.0000000434. The molecule has 0 aliphatic carbocycles. The second kappa shape index (κ2) is 37.3. The van der Waals surface area contributed by atoms with E-state index in [1.165, 1.54) is 0 Å². The molecule has 0 aliphatic rings. The van der Waals surface area contributed by atoms with Crippen molar-refractivity contribution in [3.8, 4) is 0 Å². The van der Waals surface area contributed by atoms with E-state index in [4.69, 9.17) is 51.1 Å². The first-order valence-electron chi connectivity index (χ1n) is 6.22. The highest BCUT2D eigenvalue weighted by Crippen LogP contribution is 1.48. The number of primary amides is 1. The van der Waals surface area contributed by atoms with E-state index in [2.05, 4.69) is 12.3 Å². The Hall–Kier alpha value is -2.99. The average molecular weight is 371 g/mol.